The van der Waals surface area contributed by atoms with Crippen molar-refractivity contribution in [2.75, 3.05) is 13.7 Å². The molecule has 1 aliphatic rings. The summed E-state index contributed by atoms with van der Waals surface area (Å²) in [6.45, 7) is 4.69. The van der Waals surface area contributed by atoms with Gasteiger partial charge in [0.1, 0.15) is 5.75 Å². The Labute approximate surface area is 133 Å². The van der Waals surface area contributed by atoms with Crippen molar-refractivity contribution in [1.82, 2.24) is 0 Å². The topological polar surface area (TPSA) is 27.7 Å². The molecule has 0 aliphatic carbocycles. The average Bonchev–Trinajstić information content (AvgIpc) is 2.89. The maximum atomic E-state index is 6.10. The van der Waals surface area contributed by atoms with Crippen LogP contribution in [0.15, 0.2) is 36.4 Å². The number of hydrogen-bond donors (Lipinski definition) is 0. The molecule has 0 saturated carbocycles. The van der Waals surface area contributed by atoms with E-state index in [1.54, 1.807) is 7.11 Å². The number of fused-ring (bicyclic) bond motifs is 1. The van der Waals surface area contributed by atoms with E-state index in [2.05, 4.69) is 47.1 Å². The summed E-state index contributed by atoms with van der Waals surface area (Å²) in [6.07, 6.45) is 0.0940. The highest BCUT2D eigenvalue weighted by atomic mass is 79.9. The van der Waals surface area contributed by atoms with Crippen LogP contribution in [0.2, 0.25) is 0 Å². The second-order valence-corrected chi connectivity index (χ2v) is 6.82. The van der Waals surface area contributed by atoms with Crippen molar-refractivity contribution in [3.05, 3.63) is 42.0 Å². The SMILES string of the molecule is COc1ccc2cc([C@]3(C(C)Br)OCC(C)O3)ccc2c1. The summed E-state index contributed by atoms with van der Waals surface area (Å²) in [6, 6.07) is 12.3. The Morgan fingerprint density at radius 1 is 1.24 bits per heavy atom. The lowest BCUT2D eigenvalue weighted by Gasteiger charge is -2.31. The molecule has 0 aromatic heterocycles. The van der Waals surface area contributed by atoms with E-state index in [0.717, 1.165) is 22.1 Å². The molecule has 0 amide bonds. The molecule has 1 saturated heterocycles. The molecule has 3 atom stereocenters. The highest BCUT2D eigenvalue weighted by Crippen LogP contribution is 2.41. The van der Waals surface area contributed by atoms with Crippen molar-refractivity contribution in [3.63, 3.8) is 0 Å². The van der Waals surface area contributed by atoms with Crippen LogP contribution in [0, 0.1) is 0 Å². The molecule has 1 heterocycles. The lowest BCUT2D eigenvalue weighted by Crippen LogP contribution is -2.35. The van der Waals surface area contributed by atoms with Crippen LogP contribution in [0.1, 0.15) is 19.4 Å². The van der Waals surface area contributed by atoms with Gasteiger partial charge in [-0.05, 0) is 42.8 Å². The predicted octanol–water partition coefficient (Wildman–Crippen LogP) is 4.22. The Morgan fingerprint density at radius 2 is 1.95 bits per heavy atom. The lowest BCUT2D eigenvalue weighted by atomic mass is 9.99. The normalized spacial score (nSPS) is 27.0. The molecule has 3 rings (SSSR count). The molecule has 0 bridgehead atoms. The molecule has 0 spiro atoms. The van der Waals surface area contributed by atoms with Gasteiger partial charge in [0.2, 0.25) is 5.79 Å². The van der Waals surface area contributed by atoms with Crippen LogP contribution in [0.5, 0.6) is 5.75 Å². The maximum absolute atomic E-state index is 6.10. The van der Waals surface area contributed by atoms with Crippen LogP contribution in [0.4, 0.5) is 0 Å². The molecule has 1 aliphatic heterocycles. The van der Waals surface area contributed by atoms with Gasteiger partial charge in [-0.15, -0.1) is 0 Å². The first-order valence-electron chi connectivity index (χ1n) is 7.09. The summed E-state index contributed by atoms with van der Waals surface area (Å²) in [7, 11) is 1.68. The van der Waals surface area contributed by atoms with Crippen molar-refractivity contribution >= 4 is 26.7 Å². The van der Waals surface area contributed by atoms with Gasteiger partial charge in [0.25, 0.3) is 0 Å². The molecule has 1 fully saturated rings. The van der Waals surface area contributed by atoms with E-state index >= 15 is 0 Å². The standard InChI is InChI=1S/C17H19BrO3/c1-11-10-20-17(21-11,12(2)18)15-6-4-14-9-16(19-3)7-5-13(14)8-15/h4-9,11-12H,10H2,1-3H3/t11?,12?,17-/m1/s1. The highest BCUT2D eigenvalue weighted by molar-refractivity contribution is 9.09. The van der Waals surface area contributed by atoms with Crippen LogP contribution < -0.4 is 4.74 Å². The molecule has 4 heteroatoms. The second kappa shape index (κ2) is 5.59. The Bertz CT molecular complexity index is 656. The van der Waals surface area contributed by atoms with Crippen molar-refractivity contribution < 1.29 is 14.2 Å². The third-order valence-electron chi connectivity index (χ3n) is 3.88. The van der Waals surface area contributed by atoms with Gasteiger partial charge in [-0.2, -0.15) is 0 Å². The minimum absolute atomic E-state index is 0.0608. The Hall–Kier alpha value is -1.10. The van der Waals surface area contributed by atoms with Gasteiger partial charge in [-0.25, -0.2) is 0 Å². The Balaban J connectivity index is 2.07. The van der Waals surface area contributed by atoms with Gasteiger partial charge in [-0.1, -0.05) is 34.1 Å². The van der Waals surface area contributed by atoms with Gasteiger partial charge in [0.05, 0.1) is 24.6 Å². The van der Waals surface area contributed by atoms with E-state index in [0.29, 0.717) is 6.61 Å². The van der Waals surface area contributed by atoms with E-state index in [4.69, 9.17) is 14.2 Å². The fourth-order valence-electron chi connectivity index (χ4n) is 2.77. The largest absolute Gasteiger partial charge is 0.497 e. The number of benzene rings is 2. The fourth-order valence-corrected chi connectivity index (χ4v) is 3.27. The average molecular weight is 351 g/mol. The van der Waals surface area contributed by atoms with E-state index in [1.807, 2.05) is 19.1 Å². The number of rotatable bonds is 3. The highest BCUT2D eigenvalue weighted by Gasteiger charge is 2.45. The fraction of sp³-hybridized carbons (Fsp3) is 0.412. The number of ether oxygens (including phenoxy) is 3. The van der Waals surface area contributed by atoms with E-state index in [9.17, 15) is 0 Å². The van der Waals surface area contributed by atoms with Gasteiger partial charge >= 0.3 is 0 Å². The summed E-state index contributed by atoms with van der Waals surface area (Å²) >= 11 is 3.64. The molecule has 2 aromatic rings. The first-order valence-corrected chi connectivity index (χ1v) is 8.01. The lowest BCUT2D eigenvalue weighted by molar-refractivity contribution is -0.171. The maximum Gasteiger partial charge on any atom is 0.207 e. The Morgan fingerprint density at radius 3 is 2.57 bits per heavy atom. The Kier molecular flexibility index (Phi) is 3.95. The molecule has 0 N–H and O–H groups in total. The van der Waals surface area contributed by atoms with Gasteiger partial charge in [-0.3, -0.25) is 0 Å². The summed E-state index contributed by atoms with van der Waals surface area (Å²) in [5, 5.41) is 2.29. The number of halogens is 1. The van der Waals surface area contributed by atoms with Crippen LogP contribution in [-0.2, 0) is 15.3 Å². The summed E-state index contributed by atoms with van der Waals surface area (Å²) in [5.41, 5.74) is 1.04. The molecular weight excluding hydrogens is 332 g/mol. The minimum atomic E-state index is -0.715. The predicted molar refractivity (Wildman–Crippen MR) is 87.1 cm³/mol. The second-order valence-electron chi connectivity index (χ2n) is 5.45. The molecule has 0 radical (unpaired) electrons. The van der Waals surface area contributed by atoms with Gasteiger partial charge < -0.3 is 14.2 Å². The van der Waals surface area contributed by atoms with Crippen LogP contribution in [0.25, 0.3) is 10.8 Å². The minimum Gasteiger partial charge on any atom is -0.497 e. The number of hydrogen-bond acceptors (Lipinski definition) is 3. The van der Waals surface area contributed by atoms with Crippen LogP contribution >= 0.6 is 15.9 Å². The van der Waals surface area contributed by atoms with Gasteiger partial charge in [0, 0.05) is 5.56 Å². The summed E-state index contributed by atoms with van der Waals surface area (Å²) < 4.78 is 17.4. The first kappa shape index (κ1) is 14.8. The smallest absolute Gasteiger partial charge is 0.207 e. The van der Waals surface area contributed by atoms with Crippen molar-refractivity contribution in [3.8, 4) is 5.75 Å². The van der Waals surface area contributed by atoms with Gasteiger partial charge in [0.15, 0.2) is 0 Å². The zero-order valence-corrected chi connectivity index (χ0v) is 14.0. The van der Waals surface area contributed by atoms with Crippen LogP contribution in [0.3, 0.4) is 0 Å². The van der Waals surface area contributed by atoms with E-state index in [1.165, 1.54) is 0 Å². The summed E-state index contributed by atoms with van der Waals surface area (Å²) in [4.78, 5) is 0.0608. The third kappa shape index (κ3) is 2.56. The molecule has 21 heavy (non-hydrogen) atoms. The number of alkyl halides is 1. The molecule has 3 nitrogen and oxygen atoms in total. The zero-order valence-electron chi connectivity index (χ0n) is 12.4. The van der Waals surface area contributed by atoms with Crippen molar-refractivity contribution in [1.29, 1.82) is 0 Å². The van der Waals surface area contributed by atoms with E-state index < -0.39 is 5.79 Å². The monoisotopic (exact) mass is 350 g/mol. The van der Waals surface area contributed by atoms with Crippen molar-refractivity contribution in [2.24, 2.45) is 0 Å². The molecule has 112 valence electrons. The third-order valence-corrected chi connectivity index (χ3v) is 4.48. The summed E-state index contributed by atoms with van der Waals surface area (Å²) in [5.74, 6) is 0.147. The number of methoxy groups -OCH3 is 1. The molecular formula is C17H19BrO3. The molecule has 2 unspecified atom stereocenters. The van der Waals surface area contributed by atoms with Crippen molar-refractivity contribution in [2.45, 2.75) is 30.6 Å². The van der Waals surface area contributed by atoms with E-state index in [-0.39, 0.29) is 10.9 Å². The molecule has 2 aromatic carbocycles. The zero-order chi connectivity index (χ0) is 15.0. The quantitative estimate of drug-likeness (QED) is 0.775. The first-order chi connectivity index (χ1) is 10.0. The van der Waals surface area contributed by atoms with Crippen LogP contribution in [-0.4, -0.2) is 24.6 Å².